The summed E-state index contributed by atoms with van der Waals surface area (Å²) in [6.07, 6.45) is 1.46. The highest BCUT2D eigenvalue weighted by Crippen LogP contribution is 2.22. The molecule has 0 radical (unpaired) electrons. The van der Waals surface area contributed by atoms with Crippen molar-refractivity contribution < 1.29 is 9.59 Å². The zero-order valence-electron chi connectivity index (χ0n) is 14.3. The number of carbonyl (C=O) groups excluding carboxylic acids is 2. The van der Waals surface area contributed by atoms with E-state index in [0.29, 0.717) is 16.9 Å². The molecule has 0 atom stereocenters. The largest absolute Gasteiger partial charge is 0.345 e. The molecule has 1 heterocycles. The average Bonchev–Trinajstić information content (AvgIpc) is 3.05. The fourth-order valence-electron chi connectivity index (χ4n) is 2.41. The molecule has 3 aromatic rings. The summed E-state index contributed by atoms with van der Waals surface area (Å²) in [5.74, 6) is -0.218. The minimum atomic E-state index is -0.317. The summed E-state index contributed by atoms with van der Waals surface area (Å²) in [6.45, 7) is 0. The quantitative estimate of drug-likeness (QED) is 0.711. The first-order valence-corrected chi connectivity index (χ1v) is 8.68. The van der Waals surface area contributed by atoms with Gasteiger partial charge in [0.15, 0.2) is 0 Å². The molecule has 0 unspecified atom stereocenters. The number of para-hydroxylation sites is 1. The van der Waals surface area contributed by atoms with Gasteiger partial charge in [0.05, 0.1) is 11.9 Å². The first kappa shape index (κ1) is 17.9. The van der Waals surface area contributed by atoms with Crippen molar-refractivity contribution in [3.8, 4) is 5.69 Å². The van der Waals surface area contributed by atoms with Gasteiger partial charge in [-0.25, -0.2) is 4.68 Å². The van der Waals surface area contributed by atoms with Crippen LogP contribution in [0.1, 0.15) is 20.7 Å². The third-order valence-corrected chi connectivity index (χ3v) is 4.27. The summed E-state index contributed by atoms with van der Waals surface area (Å²) in [5, 5.41) is 7.13. The van der Waals surface area contributed by atoms with Gasteiger partial charge in [0.1, 0.15) is 11.4 Å². The number of aromatic nitrogens is 2. The van der Waals surface area contributed by atoms with Crippen molar-refractivity contribution in [1.29, 1.82) is 0 Å². The summed E-state index contributed by atoms with van der Waals surface area (Å²) in [5.41, 5.74) is 1.55. The van der Waals surface area contributed by atoms with Crippen LogP contribution in [0.5, 0.6) is 0 Å². The van der Waals surface area contributed by atoms with Gasteiger partial charge in [0.2, 0.25) is 0 Å². The molecule has 0 bridgehead atoms. The molecular weight excluding hydrogens is 396 g/mol. The fourth-order valence-corrected chi connectivity index (χ4v) is 2.68. The van der Waals surface area contributed by atoms with E-state index in [1.165, 1.54) is 11.1 Å². The van der Waals surface area contributed by atoms with E-state index in [9.17, 15) is 9.59 Å². The smallest absolute Gasteiger partial charge is 0.258 e. The molecule has 0 saturated heterocycles. The zero-order valence-corrected chi connectivity index (χ0v) is 15.9. The number of carbonyl (C=O) groups is 2. The number of rotatable bonds is 4. The Labute approximate surface area is 159 Å². The second-order valence-electron chi connectivity index (χ2n) is 5.81. The monoisotopic (exact) mass is 412 g/mol. The van der Waals surface area contributed by atoms with Crippen LogP contribution >= 0.6 is 15.9 Å². The molecule has 0 spiro atoms. The number of nitrogens with zero attached hydrogens (tertiary/aromatic N) is 3. The Balaban J connectivity index is 2.02. The number of hydrogen-bond donors (Lipinski definition) is 1. The summed E-state index contributed by atoms with van der Waals surface area (Å²) in [4.78, 5) is 26.6. The second kappa shape index (κ2) is 7.53. The van der Waals surface area contributed by atoms with Crippen LogP contribution in [-0.4, -0.2) is 40.6 Å². The number of anilines is 1. The molecule has 0 aliphatic heterocycles. The van der Waals surface area contributed by atoms with Crippen molar-refractivity contribution >= 4 is 33.6 Å². The predicted octanol–water partition coefficient (Wildman–Crippen LogP) is 3.59. The normalized spacial score (nSPS) is 10.4. The van der Waals surface area contributed by atoms with E-state index in [1.807, 2.05) is 30.3 Å². The standard InChI is InChI=1S/C19H17BrN4O2/c1-23(2)19(26)16-12-21-24(15-6-4-3-5-7-15)17(16)22-18(25)13-8-10-14(20)11-9-13/h3-12H,1-2H3,(H,22,25). The summed E-state index contributed by atoms with van der Waals surface area (Å²) in [6, 6.07) is 16.3. The third-order valence-electron chi connectivity index (χ3n) is 3.74. The van der Waals surface area contributed by atoms with Crippen LogP contribution in [-0.2, 0) is 0 Å². The van der Waals surface area contributed by atoms with E-state index in [0.717, 1.165) is 10.2 Å². The van der Waals surface area contributed by atoms with Crippen molar-refractivity contribution in [2.24, 2.45) is 0 Å². The van der Waals surface area contributed by atoms with Crippen molar-refractivity contribution in [2.75, 3.05) is 19.4 Å². The molecule has 1 aromatic heterocycles. The molecule has 0 saturated carbocycles. The molecule has 132 valence electrons. The number of halogens is 1. The van der Waals surface area contributed by atoms with Gasteiger partial charge in [0, 0.05) is 24.1 Å². The molecule has 7 heteroatoms. The van der Waals surface area contributed by atoms with Crippen LogP contribution in [0.15, 0.2) is 65.3 Å². The fraction of sp³-hybridized carbons (Fsp3) is 0.105. The Morgan fingerprint density at radius 2 is 1.69 bits per heavy atom. The van der Waals surface area contributed by atoms with E-state index in [2.05, 4.69) is 26.3 Å². The van der Waals surface area contributed by atoms with Crippen molar-refractivity contribution in [3.63, 3.8) is 0 Å². The van der Waals surface area contributed by atoms with Crippen LogP contribution in [0.25, 0.3) is 5.69 Å². The van der Waals surface area contributed by atoms with Crippen molar-refractivity contribution in [1.82, 2.24) is 14.7 Å². The van der Waals surface area contributed by atoms with E-state index in [1.54, 1.807) is 43.0 Å². The molecule has 2 amide bonds. The van der Waals surface area contributed by atoms with Crippen LogP contribution in [0.3, 0.4) is 0 Å². The predicted molar refractivity (Wildman–Crippen MR) is 104 cm³/mol. The van der Waals surface area contributed by atoms with Gasteiger partial charge in [-0.05, 0) is 36.4 Å². The molecule has 26 heavy (non-hydrogen) atoms. The Hall–Kier alpha value is -2.93. The lowest BCUT2D eigenvalue weighted by Gasteiger charge is -2.13. The molecular formula is C19H17BrN4O2. The molecule has 1 N–H and O–H groups in total. The first-order valence-electron chi connectivity index (χ1n) is 7.89. The molecule has 0 aliphatic rings. The highest BCUT2D eigenvalue weighted by atomic mass is 79.9. The van der Waals surface area contributed by atoms with Gasteiger partial charge >= 0.3 is 0 Å². The molecule has 3 rings (SSSR count). The van der Waals surface area contributed by atoms with E-state index < -0.39 is 0 Å². The van der Waals surface area contributed by atoms with E-state index in [4.69, 9.17) is 0 Å². The van der Waals surface area contributed by atoms with Crippen LogP contribution in [0.4, 0.5) is 5.82 Å². The number of benzene rings is 2. The van der Waals surface area contributed by atoms with Gasteiger partial charge in [-0.15, -0.1) is 0 Å². The Morgan fingerprint density at radius 1 is 1.04 bits per heavy atom. The maximum Gasteiger partial charge on any atom is 0.258 e. The Morgan fingerprint density at radius 3 is 2.31 bits per heavy atom. The second-order valence-corrected chi connectivity index (χ2v) is 6.73. The number of amides is 2. The lowest BCUT2D eigenvalue weighted by molar-refractivity contribution is 0.0828. The number of hydrogen-bond acceptors (Lipinski definition) is 3. The van der Waals surface area contributed by atoms with Gasteiger partial charge in [-0.1, -0.05) is 34.1 Å². The van der Waals surface area contributed by atoms with E-state index in [-0.39, 0.29) is 11.8 Å². The summed E-state index contributed by atoms with van der Waals surface area (Å²) in [7, 11) is 3.31. The van der Waals surface area contributed by atoms with Gasteiger partial charge in [-0.2, -0.15) is 5.10 Å². The van der Waals surface area contributed by atoms with Gasteiger partial charge in [0.25, 0.3) is 11.8 Å². The summed E-state index contributed by atoms with van der Waals surface area (Å²) < 4.78 is 2.43. The SMILES string of the molecule is CN(C)C(=O)c1cnn(-c2ccccc2)c1NC(=O)c1ccc(Br)cc1. The minimum absolute atomic E-state index is 0.238. The average molecular weight is 413 g/mol. The highest BCUT2D eigenvalue weighted by Gasteiger charge is 2.22. The van der Waals surface area contributed by atoms with Crippen molar-refractivity contribution in [3.05, 3.63) is 76.4 Å². The van der Waals surface area contributed by atoms with Crippen molar-refractivity contribution in [2.45, 2.75) is 0 Å². The van der Waals surface area contributed by atoms with Gasteiger partial charge in [-0.3, -0.25) is 9.59 Å². The molecule has 0 aliphatic carbocycles. The minimum Gasteiger partial charge on any atom is -0.345 e. The van der Waals surface area contributed by atoms with Crippen LogP contribution < -0.4 is 5.32 Å². The maximum atomic E-state index is 12.7. The van der Waals surface area contributed by atoms with Crippen LogP contribution in [0.2, 0.25) is 0 Å². The maximum absolute atomic E-state index is 12.7. The van der Waals surface area contributed by atoms with Crippen LogP contribution in [0, 0.1) is 0 Å². The number of nitrogens with one attached hydrogen (secondary N) is 1. The lowest BCUT2D eigenvalue weighted by Crippen LogP contribution is -2.24. The zero-order chi connectivity index (χ0) is 18.7. The Kier molecular flexibility index (Phi) is 5.18. The lowest BCUT2D eigenvalue weighted by atomic mass is 10.2. The topological polar surface area (TPSA) is 67.2 Å². The third kappa shape index (κ3) is 3.67. The molecule has 2 aromatic carbocycles. The first-order chi connectivity index (χ1) is 12.5. The summed E-state index contributed by atoms with van der Waals surface area (Å²) >= 11 is 3.35. The highest BCUT2D eigenvalue weighted by molar-refractivity contribution is 9.10. The van der Waals surface area contributed by atoms with E-state index >= 15 is 0 Å². The molecule has 6 nitrogen and oxygen atoms in total. The molecule has 0 fully saturated rings. The van der Waals surface area contributed by atoms with Gasteiger partial charge < -0.3 is 10.2 Å². The Bertz CT molecular complexity index is 934.